The monoisotopic (exact) mass is 393 g/mol. The molecule has 1 aromatic rings. The third-order valence-electron chi connectivity index (χ3n) is 3.77. The summed E-state index contributed by atoms with van der Waals surface area (Å²) in [6, 6.07) is 7.66. The Hall–Kier alpha value is -0.460. The maximum absolute atomic E-state index is 12.1. The molecule has 138 valence electrons. The fourth-order valence-corrected chi connectivity index (χ4v) is 3.59. The molecule has 0 aliphatic carbocycles. The van der Waals surface area contributed by atoms with Crippen LogP contribution in [0.5, 0.6) is 0 Å². The van der Waals surface area contributed by atoms with E-state index >= 15 is 0 Å². The number of nitrogens with two attached hydrogens (primary N) is 1. The number of nitrogens with one attached hydrogen (secondary N) is 1. The van der Waals surface area contributed by atoms with Gasteiger partial charge in [0.05, 0.1) is 6.04 Å². The second kappa shape index (κ2) is 12.0. The number of anilines is 1. The number of rotatable bonds is 6. The smallest absolute Gasteiger partial charge is 0.241 e. The van der Waals surface area contributed by atoms with Gasteiger partial charge in [0, 0.05) is 36.8 Å². The number of hydrogen-bond donors (Lipinski definition) is 2. The molecule has 4 nitrogen and oxygen atoms in total. The van der Waals surface area contributed by atoms with Crippen LogP contribution in [0.2, 0.25) is 0 Å². The summed E-state index contributed by atoms with van der Waals surface area (Å²) in [5.74, 6) is 2.74. The average molecular weight is 394 g/mol. The predicted molar refractivity (Wildman–Crippen MR) is 110 cm³/mol. The third-order valence-corrected chi connectivity index (χ3v) is 4.71. The number of thioether (sulfide) groups is 1. The molecule has 0 aromatic heterocycles. The minimum atomic E-state index is -0.442. The summed E-state index contributed by atoms with van der Waals surface area (Å²) in [5, 5.41) is 2.94. The van der Waals surface area contributed by atoms with Gasteiger partial charge in [-0.15, -0.1) is 24.8 Å². The molecular weight excluding hydrogens is 365 g/mol. The molecule has 0 bridgehead atoms. The van der Waals surface area contributed by atoms with Crippen molar-refractivity contribution in [1.82, 2.24) is 4.90 Å². The fourth-order valence-electron chi connectivity index (χ4n) is 2.61. The van der Waals surface area contributed by atoms with Gasteiger partial charge in [-0.25, -0.2) is 0 Å². The molecule has 0 spiro atoms. The van der Waals surface area contributed by atoms with E-state index in [1.165, 1.54) is 17.1 Å². The molecule has 1 aromatic carbocycles. The minimum Gasteiger partial charge on any atom is -0.325 e. The van der Waals surface area contributed by atoms with Crippen LogP contribution >= 0.6 is 36.6 Å². The average Bonchev–Trinajstić information content (AvgIpc) is 2.48. The van der Waals surface area contributed by atoms with Gasteiger partial charge in [0.25, 0.3) is 0 Å². The van der Waals surface area contributed by atoms with E-state index in [0.717, 1.165) is 25.3 Å². The maximum atomic E-state index is 12.1. The zero-order chi connectivity index (χ0) is 15.9. The van der Waals surface area contributed by atoms with Crippen LogP contribution in [-0.2, 0) is 11.3 Å². The first-order valence-electron chi connectivity index (χ1n) is 8.00. The summed E-state index contributed by atoms with van der Waals surface area (Å²) in [7, 11) is 0. The third kappa shape index (κ3) is 8.08. The zero-order valence-corrected chi connectivity index (χ0v) is 16.8. The second-order valence-corrected chi connectivity index (χ2v) is 7.54. The first-order valence-corrected chi connectivity index (χ1v) is 9.15. The lowest BCUT2D eigenvalue weighted by Crippen LogP contribution is -2.36. The van der Waals surface area contributed by atoms with E-state index in [1.54, 1.807) is 0 Å². The predicted octanol–water partition coefficient (Wildman–Crippen LogP) is 3.39. The number of amides is 1. The van der Waals surface area contributed by atoms with Gasteiger partial charge in [-0.05, 0) is 30.0 Å². The van der Waals surface area contributed by atoms with Gasteiger partial charge < -0.3 is 11.1 Å². The van der Waals surface area contributed by atoms with Crippen molar-refractivity contribution >= 4 is 48.2 Å². The van der Waals surface area contributed by atoms with E-state index in [-0.39, 0.29) is 30.7 Å². The molecule has 1 amide bonds. The molecule has 0 saturated carbocycles. The van der Waals surface area contributed by atoms with Crippen LogP contribution in [0.1, 0.15) is 25.8 Å². The van der Waals surface area contributed by atoms with Gasteiger partial charge in [-0.2, -0.15) is 11.8 Å². The molecule has 1 saturated heterocycles. The first-order chi connectivity index (χ1) is 10.5. The van der Waals surface area contributed by atoms with Gasteiger partial charge in [0.1, 0.15) is 0 Å². The minimum absolute atomic E-state index is 0. The highest BCUT2D eigenvalue weighted by atomic mass is 35.5. The molecule has 2 rings (SSSR count). The standard InChI is InChI=1S/C17H27N3OS.2ClH/c1-13(2)10-16(18)17(21)19-15-5-3-4-14(11-15)12-20-6-8-22-9-7-20;;/h3-5,11,13,16H,6-10,12,18H2,1-2H3,(H,19,21);2*1H/t16-;;/m0../s1. The van der Waals surface area contributed by atoms with Gasteiger partial charge in [0.2, 0.25) is 5.91 Å². The van der Waals surface area contributed by atoms with Crippen molar-refractivity contribution in [1.29, 1.82) is 0 Å². The lowest BCUT2D eigenvalue weighted by atomic mass is 10.0. The van der Waals surface area contributed by atoms with Crippen molar-refractivity contribution in [3.05, 3.63) is 29.8 Å². The molecule has 0 radical (unpaired) electrons. The summed E-state index contributed by atoms with van der Waals surface area (Å²) in [5.41, 5.74) is 8.01. The molecular formula is C17H29Cl2N3OS. The van der Waals surface area contributed by atoms with Crippen molar-refractivity contribution in [3.63, 3.8) is 0 Å². The topological polar surface area (TPSA) is 58.4 Å². The van der Waals surface area contributed by atoms with E-state index in [1.807, 2.05) is 23.9 Å². The lowest BCUT2D eigenvalue weighted by molar-refractivity contribution is -0.117. The number of nitrogens with zero attached hydrogens (tertiary/aromatic N) is 1. The van der Waals surface area contributed by atoms with Crippen molar-refractivity contribution in [2.75, 3.05) is 29.9 Å². The number of hydrogen-bond acceptors (Lipinski definition) is 4. The highest BCUT2D eigenvalue weighted by Gasteiger charge is 2.15. The van der Waals surface area contributed by atoms with Crippen LogP contribution < -0.4 is 11.1 Å². The highest BCUT2D eigenvalue weighted by molar-refractivity contribution is 7.99. The number of benzene rings is 1. The van der Waals surface area contributed by atoms with Gasteiger partial charge in [-0.1, -0.05) is 26.0 Å². The summed E-state index contributed by atoms with van der Waals surface area (Å²) in [6.45, 7) is 7.37. The van der Waals surface area contributed by atoms with Crippen LogP contribution in [0.15, 0.2) is 24.3 Å². The van der Waals surface area contributed by atoms with E-state index < -0.39 is 6.04 Å². The largest absolute Gasteiger partial charge is 0.325 e. The number of halogens is 2. The van der Waals surface area contributed by atoms with Crippen molar-refractivity contribution < 1.29 is 4.79 Å². The highest BCUT2D eigenvalue weighted by Crippen LogP contribution is 2.16. The Labute approximate surface area is 162 Å². The number of carbonyl (C=O) groups excluding carboxylic acids is 1. The molecule has 24 heavy (non-hydrogen) atoms. The van der Waals surface area contributed by atoms with Gasteiger partial charge in [0.15, 0.2) is 0 Å². The molecule has 1 heterocycles. The number of carbonyl (C=O) groups is 1. The Balaban J connectivity index is 0.00000264. The molecule has 0 unspecified atom stereocenters. The van der Waals surface area contributed by atoms with Crippen LogP contribution in [0.25, 0.3) is 0 Å². The fraction of sp³-hybridized carbons (Fsp3) is 0.588. The van der Waals surface area contributed by atoms with Gasteiger partial charge in [-0.3, -0.25) is 9.69 Å². The van der Waals surface area contributed by atoms with E-state index in [0.29, 0.717) is 12.3 Å². The van der Waals surface area contributed by atoms with Crippen molar-refractivity contribution in [3.8, 4) is 0 Å². The Morgan fingerprint density at radius 1 is 1.29 bits per heavy atom. The van der Waals surface area contributed by atoms with Gasteiger partial charge >= 0.3 is 0 Å². The Bertz CT molecular complexity index is 496. The van der Waals surface area contributed by atoms with Crippen molar-refractivity contribution in [2.45, 2.75) is 32.9 Å². The van der Waals surface area contributed by atoms with Crippen molar-refractivity contribution in [2.24, 2.45) is 11.7 Å². The van der Waals surface area contributed by atoms with E-state index in [2.05, 4.69) is 36.2 Å². The lowest BCUT2D eigenvalue weighted by Gasteiger charge is -2.26. The van der Waals surface area contributed by atoms with E-state index in [4.69, 9.17) is 5.73 Å². The molecule has 3 N–H and O–H groups in total. The summed E-state index contributed by atoms with van der Waals surface area (Å²) < 4.78 is 0. The molecule has 1 aliphatic rings. The summed E-state index contributed by atoms with van der Waals surface area (Å²) >= 11 is 2.02. The second-order valence-electron chi connectivity index (χ2n) is 6.31. The molecule has 1 atom stereocenters. The normalized spacial score (nSPS) is 16.0. The molecule has 7 heteroatoms. The van der Waals surface area contributed by atoms with Crippen LogP contribution in [0, 0.1) is 5.92 Å². The zero-order valence-electron chi connectivity index (χ0n) is 14.4. The Kier molecular flexibility index (Phi) is 11.8. The van der Waals surface area contributed by atoms with Crippen LogP contribution in [0.3, 0.4) is 0 Å². The quantitative estimate of drug-likeness (QED) is 0.777. The first kappa shape index (κ1) is 23.5. The Morgan fingerprint density at radius 3 is 2.58 bits per heavy atom. The SMILES string of the molecule is CC(C)C[C@H](N)C(=O)Nc1cccc(CN2CCSCC2)c1.Cl.Cl. The van der Waals surface area contributed by atoms with Crippen LogP contribution in [-0.4, -0.2) is 41.4 Å². The Morgan fingerprint density at radius 2 is 1.96 bits per heavy atom. The molecule has 1 fully saturated rings. The summed E-state index contributed by atoms with van der Waals surface area (Å²) in [4.78, 5) is 14.6. The molecule has 1 aliphatic heterocycles. The van der Waals surface area contributed by atoms with Crippen LogP contribution in [0.4, 0.5) is 5.69 Å². The maximum Gasteiger partial charge on any atom is 0.241 e. The van der Waals surface area contributed by atoms with E-state index in [9.17, 15) is 4.79 Å². The summed E-state index contributed by atoms with van der Waals surface area (Å²) in [6.07, 6.45) is 0.705.